The zero-order valence-electron chi connectivity index (χ0n) is 13.6. The molecule has 2 unspecified atom stereocenters. The van der Waals surface area contributed by atoms with Gasteiger partial charge in [0, 0.05) is 17.5 Å². The number of benzene rings is 1. The van der Waals surface area contributed by atoms with E-state index in [1.54, 1.807) is 30.4 Å². The van der Waals surface area contributed by atoms with E-state index in [0.717, 1.165) is 31.2 Å². The van der Waals surface area contributed by atoms with Crippen molar-refractivity contribution in [3.63, 3.8) is 0 Å². The number of aromatic nitrogens is 1. The van der Waals surface area contributed by atoms with E-state index in [9.17, 15) is 9.50 Å². The monoisotopic (exact) mass is 334 g/mol. The minimum atomic E-state index is -1.02. The van der Waals surface area contributed by atoms with Crippen molar-refractivity contribution < 1.29 is 9.50 Å². The van der Waals surface area contributed by atoms with Crippen molar-refractivity contribution in [3.8, 4) is 0 Å². The van der Waals surface area contributed by atoms with Crippen LogP contribution >= 0.6 is 11.3 Å². The van der Waals surface area contributed by atoms with E-state index in [0.29, 0.717) is 6.54 Å². The molecule has 2 aromatic rings. The van der Waals surface area contributed by atoms with E-state index in [-0.39, 0.29) is 11.9 Å². The number of aliphatic hydroxyl groups is 1. The molecule has 1 aliphatic carbocycles. The third-order valence-electron chi connectivity index (χ3n) is 4.46. The Labute approximate surface area is 140 Å². The van der Waals surface area contributed by atoms with E-state index in [1.807, 2.05) is 0 Å². The number of nitrogens with zero attached hydrogens (tertiary/aromatic N) is 1. The van der Waals surface area contributed by atoms with Crippen LogP contribution in [0.4, 0.5) is 4.39 Å². The van der Waals surface area contributed by atoms with E-state index in [1.165, 1.54) is 27.7 Å². The summed E-state index contributed by atoms with van der Waals surface area (Å²) in [4.78, 5) is 6.03. The van der Waals surface area contributed by atoms with Crippen molar-refractivity contribution in [1.82, 2.24) is 10.3 Å². The van der Waals surface area contributed by atoms with Gasteiger partial charge in [-0.1, -0.05) is 19.1 Å². The molecule has 1 aromatic carbocycles. The van der Waals surface area contributed by atoms with Crippen LogP contribution in [0.1, 0.15) is 53.9 Å². The lowest BCUT2D eigenvalue weighted by atomic mass is 9.93. The molecule has 3 rings (SSSR count). The summed E-state index contributed by atoms with van der Waals surface area (Å²) in [5.41, 5.74) is 0.918. The highest BCUT2D eigenvalue weighted by Gasteiger charge is 2.28. The van der Waals surface area contributed by atoms with Gasteiger partial charge >= 0.3 is 0 Å². The molecule has 2 atom stereocenters. The molecule has 124 valence electrons. The molecule has 1 heterocycles. The Morgan fingerprint density at radius 1 is 1.39 bits per heavy atom. The summed E-state index contributed by atoms with van der Waals surface area (Å²) in [5, 5.41) is 15.4. The fourth-order valence-electron chi connectivity index (χ4n) is 3.05. The van der Waals surface area contributed by atoms with Crippen LogP contribution in [0.3, 0.4) is 0 Å². The fourth-order valence-corrected chi connectivity index (χ4v) is 4.21. The van der Waals surface area contributed by atoms with Crippen LogP contribution in [0, 0.1) is 5.82 Å². The minimum Gasteiger partial charge on any atom is -0.384 e. The molecule has 1 aliphatic rings. The minimum absolute atomic E-state index is 0.253. The molecule has 0 fully saturated rings. The Kier molecular flexibility index (Phi) is 4.80. The lowest BCUT2D eigenvalue weighted by Crippen LogP contribution is -2.38. The summed E-state index contributed by atoms with van der Waals surface area (Å²) in [6, 6.07) is 6.32. The Morgan fingerprint density at radius 2 is 2.13 bits per heavy atom. The molecule has 5 heteroatoms. The summed E-state index contributed by atoms with van der Waals surface area (Å²) in [7, 11) is 0. The first-order valence-electron chi connectivity index (χ1n) is 8.20. The van der Waals surface area contributed by atoms with Crippen LogP contribution in [-0.4, -0.2) is 16.6 Å². The first kappa shape index (κ1) is 16.6. The van der Waals surface area contributed by atoms with Crippen LogP contribution in [-0.2, 0) is 18.4 Å². The normalized spacial score (nSPS) is 20.1. The summed E-state index contributed by atoms with van der Waals surface area (Å²) in [5.74, 6) is -0.286. The van der Waals surface area contributed by atoms with Crippen LogP contribution in [0.25, 0.3) is 0 Å². The van der Waals surface area contributed by atoms with Crippen LogP contribution in [0.5, 0.6) is 0 Å². The SMILES string of the molecule is CCc1nc2c(s1)C(NCC(C)(O)c1ccc(F)cc1)CCC2. The van der Waals surface area contributed by atoms with Gasteiger partial charge in [-0.25, -0.2) is 9.37 Å². The van der Waals surface area contributed by atoms with Gasteiger partial charge < -0.3 is 10.4 Å². The third kappa shape index (κ3) is 3.62. The van der Waals surface area contributed by atoms with Crippen molar-refractivity contribution >= 4 is 11.3 Å². The Morgan fingerprint density at radius 3 is 2.83 bits per heavy atom. The lowest BCUT2D eigenvalue weighted by molar-refractivity contribution is 0.0531. The molecular formula is C18H23FN2OS. The van der Waals surface area contributed by atoms with Crippen molar-refractivity contribution in [2.75, 3.05) is 6.54 Å². The Hall–Kier alpha value is -1.30. The summed E-state index contributed by atoms with van der Waals surface area (Å²) >= 11 is 1.79. The van der Waals surface area contributed by atoms with Gasteiger partial charge in [-0.05, 0) is 50.3 Å². The van der Waals surface area contributed by atoms with Crippen LogP contribution in [0.2, 0.25) is 0 Å². The number of rotatable bonds is 5. The number of fused-ring (bicyclic) bond motifs is 1. The number of hydrogen-bond donors (Lipinski definition) is 2. The van der Waals surface area contributed by atoms with E-state index in [4.69, 9.17) is 4.98 Å². The molecule has 0 saturated carbocycles. The van der Waals surface area contributed by atoms with E-state index < -0.39 is 5.60 Å². The second-order valence-corrected chi connectivity index (χ2v) is 7.49. The number of aryl methyl sites for hydroxylation is 2. The Bertz CT molecular complexity index is 666. The molecule has 0 spiro atoms. The Balaban J connectivity index is 1.71. The largest absolute Gasteiger partial charge is 0.384 e. The van der Waals surface area contributed by atoms with Gasteiger partial charge in [0.05, 0.1) is 16.3 Å². The quantitative estimate of drug-likeness (QED) is 0.876. The number of nitrogens with one attached hydrogen (secondary N) is 1. The van der Waals surface area contributed by atoms with Crippen molar-refractivity contribution in [3.05, 3.63) is 51.2 Å². The van der Waals surface area contributed by atoms with Crippen LogP contribution < -0.4 is 5.32 Å². The zero-order chi connectivity index (χ0) is 16.4. The molecule has 0 radical (unpaired) electrons. The summed E-state index contributed by atoms with van der Waals surface area (Å²) in [6.07, 6.45) is 4.21. The number of thiazole rings is 1. The smallest absolute Gasteiger partial charge is 0.123 e. The van der Waals surface area contributed by atoms with Crippen LogP contribution in [0.15, 0.2) is 24.3 Å². The summed E-state index contributed by atoms with van der Waals surface area (Å²) in [6.45, 7) is 4.33. The average Bonchev–Trinajstić information content (AvgIpc) is 2.97. The molecule has 2 N–H and O–H groups in total. The standard InChI is InChI=1S/C18H23FN2OS/c1-3-16-21-15-6-4-5-14(17(15)23-16)20-11-18(2,22)12-7-9-13(19)10-8-12/h7-10,14,20,22H,3-6,11H2,1-2H3. The second-order valence-electron chi connectivity index (χ2n) is 6.38. The highest BCUT2D eigenvalue weighted by molar-refractivity contribution is 7.11. The zero-order valence-corrected chi connectivity index (χ0v) is 14.4. The van der Waals surface area contributed by atoms with Gasteiger partial charge in [0.25, 0.3) is 0 Å². The van der Waals surface area contributed by atoms with Gasteiger partial charge in [0.1, 0.15) is 5.82 Å². The van der Waals surface area contributed by atoms with Crippen molar-refractivity contribution in [1.29, 1.82) is 0 Å². The molecule has 0 amide bonds. The fraction of sp³-hybridized carbons (Fsp3) is 0.500. The highest BCUT2D eigenvalue weighted by atomic mass is 32.1. The van der Waals surface area contributed by atoms with E-state index >= 15 is 0 Å². The first-order valence-corrected chi connectivity index (χ1v) is 9.01. The third-order valence-corrected chi connectivity index (χ3v) is 5.81. The van der Waals surface area contributed by atoms with Crippen molar-refractivity contribution in [2.45, 2.75) is 51.2 Å². The van der Waals surface area contributed by atoms with Gasteiger partial charge in [-0.2, -0.15) is 0 Å². The van der Waals surface area contributed by atoms with Gasteiger partial charge in [0.15, 0.2) is 0 Å². The van der Waals surface area contributed by atoms with Crippen molar-refractivity contribution in [2.24, 2.45) is 0 Å². The molecule has 1 aromatic heterocycles. The first-order chi connectivity index (χ1) is 11.0. The van der Waals surface area contributed by atoms with E-state index in [2.05, 4.69) is 12.2 Å². The lowest BCUT2D eigenvalue weighted by Gasteiger charge is -2.29. The number of hydrogen-bond acceptors (Lipinski definition) is 4. The predicted octanol–water partition coefficient (Wildman–Crippen LogP) is 3.72. The van der Waals surface area contributed by atoms with Gasteiger partial charge in [0.2, 0.25) is 0 Å². The molecule has 0 aliphatic heterocycles. The number of halogens is 1. The molecular weight excluding hydrogens is 311 g/mol. The topological polar surface area (TPSA) is 45.2 Å². The maximum atomic E-state index is 13.0. The molecule has 0 bridgehead atoms. The van der Waals surface area contributed by atoms with Gasteiger partial charge in [-0.3, -0.25) is 0 Å². The molecule has 3 nitrogen and oxygen atoms in total. The average molecular weight is 334 g/mol. The van der Waals surface area contributed by atoms with Gasteiger partial charge in [-0.15, -0.1) is 11.3 Å². The maximum absolute atomic E-state index is 13.0. The maximum Gasteiger partial charge on any atom is 0.123 e. The second kappa shape index (κ2) is 6.67. The summed E-state index contributed by atoms with van der Waals surface area (Å²) < 4.78 is 13.0. The highest BCUT2D eigenvalue weighted by Crippen LogP contribution is 2.35. The molecule has 23 heavy (non-hydrogen) atoms. The molecule has 0 saturated heterocycles. The predicted molar refractivity (Wildman–Crippen MR) is 91.1 cm³/mol.